The Hall–Kier alpha value is -2.30. The van der Waals surface area contributed by atoms with Crippen LogP contribution in [0.3, 0.4) is 0 Å². The van der Waals surface area contributed by atoms with Crippen LogP contribution in [0.2, 0.25) is 0 Å². The number of carbonyl (C=O) groups excluding carboxylic acids is 1. The summed E-state index contributed by atoms with van der Waals surface area (Å²) in [4.78, 5) is 16.6. The SMILES string of the molecule is O=C(NC1CCC(Oc2ccccc2)CC1)c1coc(C2CC2)n1. The van der Waals surface area contributed by atoms with Gasteiger partial charge in [0.2, 0.25) is 0 Å². The van der Waals surface area contributed by atoms with Gasteiger partial charge in [0.1, 0.15) is 12.0 Å². The zero-order chi connectivity index (χ0) is 16.4. The summed E-state index contributed by atoms with van der Waals surface area (Å²) >= 11 is 0. The Kier molecular flexibility index (Phi) is 4.24. The predicted molar refractivity (Wildman–Crippen MR) is 89.1 cm³/mol. The van der Waals surface area contributed by atoms with Crippen molar-refractivity contribution in [2.45, 2.75) is 56.6 Å². The lowest BCUT2D eigenvalue weighted by Gasteiger charge is -2.29. The van der Waals surface area contributed by atoms with E-state index >= 15 is 0 Å². The van der Waals surface area contributed by atoms with Crippen LogP contribution in [-0.2, 0) is 0 Å². The van der Waals surface area contributed by atoms with Gasteiger partial charge in [0.05, 0.1) is 6.10 Å². The van der Waals surface area contributed by atoms with Crippen LogP contribution in [0.1, 0.15) is 60.8 Å². The lowest BCUT2D eigenvalue weighted by molar-refractivity contribution is 0.0889. The molecular weight excluding hydrogens is 304 g/mol. The maximum atomic E-state index is 12.3. The smallest absolute Gasteiger partial charge is 0.273 e. The van der Waals surface area contributed by atoms with E-state index in [1.807, 2.05) is 30.3 Å². The molecule has 0 radical (unpaired) electrons. The summed E-state index contributed by atoms with van der Waals surface area (Å²) < 4.78 is 11.4. The monoisotopic (exact) mass is 326 g/mol. The van der Waals surface area contributed by atoms with E-state index < -0.39 is 0 Å². The molecule has 1 aromatic heterocycles. The van der Waals surface area contributed by atoms with Gasteiger partial charge in [-0.3, -0.25) is 4.79 Å². The summed E-state index contributed by atoms with van der Waals surface area (Å²) in [5, 5.41) is 3.08. The molecule has 2 aliphatic rings. The van der Waals surface area contributed by atoms with Gasteiger partial charge in [0.25, 0.3) is 5.91 Å². The second-order valence-electron chi connectivity index (χ2n) is 6.72. The zero-order valence-corrected chi connectivity index (χ0v) is 13.6. The van der Waals surface area contributed by atoms with E-state index in [-0.39, 0.29) is 18.1 Å². The van der Waals surface area contributed by atoms with Crippen LogP contribution in [0.4, 0.5) is 0 Å². The van der Waals surface area contributed by atoms with Crippen LogP contribution in [0, 0.1) is 0 Å². The van der Waals surface area contributed by atoms with Gasteiger partial charge in [0, 0.05) is 12.0 Å². The quantitative estimate of drug-likeness (QED) is 0.910. The maximum absolute atomic E-state index is 12.3. The summed E-state index contributed by atoms with van der Waals surface area (Å²) in [5.41, 5.74) is 0.402. The molecule has 2 aliphatic carbocycles. The van der Waals surface area contributed by atoms with Gasteiger partial charge in [-0.1, -0.05) is 18.2 Å². The van der Waals surface area contributed by atoms with Crippen LogP contribution >= 0.6 is 0 Å². The third-order valence-electron chi connectivity index (χ3n) is 4.74. The fourth-order valence-corrected chi connectivity index (χ4v) is 3.19. The van der Waals surface area contributed by atoms with Gasteiger partial charge >= 0.3 is 0 Å². The largest absolute Gasteiger partial charge is 0.490 e. The summed E-state index contributed by atoms with van der Waals surface area (Å²) in [5.74, 6) is 1.93. The number of oxazole rings is 1. The fraction of sp³-hybridized carbons (Fsp3) is 0.474. The van der Waals surface area contributed by atoms with E-state index in [1.54, 1.807) is 0 Å². The number of ether oxygens (including phenoxy) is 1. The van der Waals surface area contributed by atoms with E-state index in [1.165, 1.54) is 6.26 Å². The molecule has 0 spiro atoms. The van der Waals surface area contributed by atoms with Crippen molar-refractivity contribution in [2.24, 2.45) is 0 Å². The molecule has 24 heavy (non-hydrogen) atoms. The molecule has 1 N–H and O–H groups in total. The van der Waals surface area contributed by atoms with E-state index in [2.05, 4.69) is 10.3 Å². The normalized spacial score (nSPS) is 23.7. The van der Waals surface area contributed by atoms with Gasteiger partial charge in [-0.25, -0.2) is 4.98 Å². The highest BCUT2D eigenvalue weighted by molar-refractivity contribution is 5.92. The first-order valence-corrected chi connectivity index (χ1v) is 8.76. The molecule has 0 unspecified atom stereocenters. The van der Waals surface area contributed by atoms with Crippen molar-refractivity contribution in [2.75, 3.05) is 0 Å². The van der Waals surface area contributed by atoms with Gasteiger partial charge in [-0.2, -0.15) is 0 Å². The highest BCUT2D eigenvalue weighted by Crippen LogP contribution is 2.39. The number of amides is 1. The first-order valence-electron chi connectivity index (χ1n) is 8.76. The third kappa shape index (κ3) is 3.61. The Labute approximate surface area is 141 Å². The average Bonchev–Trinajstić information content (AvgIpc) is 3.34. The molecular formula is C19H22N2O3. The molecule has 0 bridgehead atoms. The first-order chi connectivity index (χ1) is 11.8. The van der Waals surface area contributed by atoms with Crippen LogP contribution in [0.15, 0.2) is 41.0 Å². The summed E-state index contributed by atoms with van der Waals surface area (Å²) in [6.07, 6.45) is 7.70. The number of aromatic nitrogens is 1. The molecule has 5 heteroatoms. The van der Waals surface area contributed by atoms with E-state index in [0.717, 1.165) is 44.3 Å². The number of hydrogen-bond donors (Lipinski definition) is 1. The molecule has 0 saturated heterocycles. The molecule has 126 valence electrons. The van der Waals surface area contributed by atoms with Crippen molar-refractivity contribution in [3.05, 3.63) is 48.2 Å². The minimum Gasteiger partial charge on any atom is -0.490 e. The van der Waals surface area contributed by atoms with E-state index in [0.29, 0.717) is 17.5 Å². The van der Waals surface area contributed by atoms with Crippen molar-refractivity contribution < 1.29 is 13.9 Å². The van der Waals surface area contributed by atoms with Gasteiger partial charge in [0.15, 0.2) is 11.6 Å². The van der Waals surface area contributed by atoms with Crippen LogP contribution in [-0.4, -0.2) is 23.0 Å². The third-order valence-corrected chi connectivity index (χ3v) is 4.74. The molecule has 2 fully saturated rings. The number of nitrogens with one attached hydrogen (secondary N) is 1. The van der Waals surface area contributed by atoms with E-state index in [9.17, 15) is 4.79 Å². The number of hydrogen-bond acceptors (Lipinski definition) is 4. The lowest BCUT2D eigenvalue weighted by atomic mass is 9.93. The second kappa shape index (κ2) is 6.67. The number of carbonyl (C=O) groups is 1. The molecule has 0 aliphatic heterocycles. The highest BCUT2D eigenvalue weighted by atomic mass is 16.5. The Balaban J connectivity index is 1.25. The number of para-hydroxylation sites is 1. The standard InChI is InChI=1S/C19H22N2O3/c22-18(17-12-23-19(21-17)13-6-7-13)20-14-8-10-16(11-9-14)24-15-4-2-1-3-5-15/h1-5,12-14,16H,6-11H2,(H,20,22). The molecule has 1 heterocycles. The Bertz CT molecular complexity index is 686. The Morgan fingerprint density at radius 3 is 2.54 bits per heavy atom. The molecule has 2 saturated carbocycles. The van der Waals surface area contributed by atoms with Crippen molar-refractivity contribution in [1.29, 1.82) is 0 Å². The maximum Gasteiger partial charge on any atom is 0.273 e. The minimum absolute atomic E-state index is 0.127. The zero-order valence-electron chi connectivity index (χ0n) is 13.6. The van der Waals surface area contributed by atoms with Crippen molar-refractivity contribution in [1.82, 2.24) is 10.3 Å². The molecule has 0 atom stereocenters. The van der Waals surface area contributed by atoms with Crippen LogP contribution in [0.25, 0.3) is 0 Å². The topological polar surface area (TPSA) is 64.4 Å². The fourth-order valence-electron chi connectivity index (χ4n) is 3.19. The van der Waals surface area contributed by atoms with Crippen LogP contribution < -0.4 is 10.1 Å². The van der Waals surface area contributed by atoms with Crippen LogP contribution in [0.5, 0.6) is 5.75 Å². The molecule has 2 aromatic rings. The van der Waals surface area contributed by atoms with Gasteiger partial charge < -0.3 is 14.5 Å². The average molecular weight is 326 g/mol. The second-order valence-corrected chi connectivity index (χ2v) is 6.72. The summed E-state index contributed by atoms with van der Waals surface area (Å²) in [6, 6.07) is 10.1. The highest BCUT2D eigenvalue weighted by Gasteiger charge is 2.30. The minimum atomic E-state index is -0.127. The summed E-state index contributed by atoms with van der Waals surface area (Å²) in [7, 11) is 0. The lowest BCUT2D eigenvalue weighted by Crippen LogP contribution is -2.39. The first kappa shape index (κ1) is 15.2. The van der Waals surface area contributed by atoms with Gasteiger partial charge in [-0.05, 0) is 50.7 Å². The number of nitrogens with zero attached hydrogens (tertiary/aromatic N) is 1. The Morgan fingerprint density at radius 2 is 1.83 bits per heavy atom. The summed E-state index contributed by atoms with van der Waals surface area (Å²) in [6.45, 7) is 0. The van der Waals surface area contributed by atoms with Gasteiger partial charge in [-0.15, -0.1) is 0 Å². The molecule has 4 rings (SSSR count). The molecule has 1 amide bonds. The molecule has 5 nitrogen and oxygen atoms in total. The number of benzene rings is 1. The molecule has 1 aromatic carbocycles. The Morgan fingerprint density at radius 1 is 1.08 bits per heavy atom. The van der Waals surface area contributed by atoms with Crippen molar-refractivity contribution in [3.8, 4) is 5.75 Å². The van der Waals surface area contributed by atoms with Crippen molar-refractivity contribution in [3.63, 3.8) is 0 Å². The number of rotatable bonds is 5. The predicted octanol–water partition coefficient (Wildman–Crippen LogP) is 3.67. The van der Waals surface area contributed by atoms with E-state index in [4.69, 9.17) is 9.15 Å². The van der Waals surface area contributed by atoms with Crippen molar-refractivity contribution >= 4 is 5.91 Å².